The second-order valence-electron chi connectivity index (χ2n) is 5.02. The highest BCUT2D eigenvalue weighted by Gasteiger charge is 2.35. The molecule has 4 N–H and O–H groups in total. The fourth-order valence-electron chi connectivity index (χ4n) is 1.97. The minimum Gasteiger partial charge on any atom is -0.339 e. The SMILES string of the molecule is C=CC(=O)N(CCC)CCCCCC(OP(=O)(O)O)P(=O)(O)O. The lowest BCUT2D eigenvalue weighted by Gasteiger charge is -2.21. The summed E-state index contributed by atoms with van der Waals surface area (Å²) in [5.74, 6) is -2.00. The van der Waals surface area contributed by atoms with E-state index in [4.69, 9.17) is 19.6 Å². The number of nitrogens with zero attached hydrogens (tertiary/aromatic N) is 1. The van der Waals surface area contributed by atoms with Crippen LogP contribution in [0.15, 0.2) is 12.7 Å². The van der Waals surface area contributed by atoms with Crippen LogP contribution in [0.1, 0.15) is 39.0 Å². The van der Waals surface area contributed by atoms with E-state index in [2.05, 4.69) is 11.1 Å². The molecule has 0 rings (SSSR count). The highest BCUT2D eigenvalue weighted by atomic mass is 31.2. The summed E-state index contributed by atoms with van der Waals surface area (Å²) in [6.07, 6.45) is 3.29. The zero-order valence-electron chi connectivity index (χ0n) is 13.1. The normalized spacial score (nSPS) is 13.6. The van der Waals surface area contributed by atoms with Crippen LogP contribution in [-0.4, -0.2) is 49.3 Å². The number of carbonyl (C=O) groups is 1. The van der Waals surface area contributed by atoms with Gasteiger partial charge in [0.05, 0.1) is 0 Å². The molecule has 0 aromatic heterocycles. The van der Waals surface area contributed by atoms with Crippen LogP contribution in [0.25, 0.3) is 0 Å². The van der Waals surface area contributed by atoms with Crippen LogP contribution in [0, 0.1) is 0 Å². The monoisotopic (exact) mass is 373 g/mol. The highest BCUT2D eigenvalue weighted by Crippen LogP contribution is 2.52. The van der Waals surface area contributed by atoms with Gasteiger partial charge in [-0.15, -0.1) is 0 Å². The molecule has 0 bridgehead atoms. The lowest BCUT2D eigenvalue weighted by atomic mass is 10.2. The average molecular weight is 373 g/mol. The Morgan fingerprint density at radius 2 is 1.78 bits per heavy atom. The van der Waals surface area contributed by atoms with Crippen LogP contribution in [0.2, 0.25) is 0 Å². The van der Waals surface area contributed by atoms with Crippen LogP contribution < -0.4 is 0 Å². The summed E-state index contributed by atoms with van der Waals surface area (Å²) >= 11 is 0. The van der Waals surface area contributed by atoms with Crippen molar-refractivity contribution in [2.45, 2.75) is 44.9 Å². The maximum absolute atomic E-state index is 11.6. The third kappa shape index (κ3) is 10.8. The van der Waals surface area contributed by atoms with Crippen molar-refractivity contribution < 1.29 is 38.0 Å². The molecule has 0 aliphatic rings. The lowest BCUT2D eigenvalue weighted by molar-refractivity contribution is -0.126. The van der Waals surface area contributed by atoms with Gasteiger partial charge in [0.25, 0.3) is 0 Å². The second-order valence-corrected chi connectivity index (χ2v) is 7.96. The van der Waals surface area contributed by atoms with Crippen LogP contribution in [0.3, 0.4) is 0 Å². The molecule has 0 radical (unpaired) electrons. The molecule has 0 heterocycles. The van der Waals surface area contributed by atoms with Crippen molar-refractivity contribution in [2.75, 3.05) is 13.1 Å². The van der Waals surface area contributed by atoms with E-state index >= 15 is 0 Å². The predicted octanol–water partition coefficient (Wildman–Crippen LogP) is 1.58. The minimum absolute atomic E-state index is 0.176. The summed E-state index contributed by atoms with van der Waals surface area (Å²) < 4.78 is 26.0. The topological polar surface area (TPSA) is 145 Å². The fraction of sp³-hybridized carbons (Fsp3) is 0.750. The molecule has 1 atom stereocenters. The summed E-state index contributed by atoms with van der Waals surface area (Å²) in [6.45, 7) is 6.44. The zero-order valence-corrected chi connectivity index (χ0v) is 14.9. The average Bonchev–Trinajstić information content (AvgIpc) is 2.41. The number of rotatable bonds is 12. The van der Waals surface area contributed by atoms with Gasteiger partial charge in [-0.05, 0) is 25.3 Å². The van der Waals surface area contributed by atoms with Crippen molar-refractivity contribution in [3.8, 4) is 0 Å². The van der Waals surface area contributed by atoms with Gasteiger partial charge in [0.1, 0.15) is 0 Å². The maximum atomic E-state index is 11.6. The molecule has 136 valence electrons. The van der Waals surface area contributed by atoms with E-state index < -0.39 is 21.3 Å². The summed E-state index contributed by atoms with van der Waals surface area (Å²) in [5.41, 5.74) is 0. The van der Waals surface area contributed by atoms with Crippen molar-refractivity contribution >= 4 is 21.3 Å². The van der Waals surface area contributed by atoms with E-state index in [0.717, 1.165) is 6.42 Å². The number of amides is 1. The van der Waals surface area contributed by atoms with Gasteiger partial charge in [0, 0.05) is 13.1 Å². The molecule has 0 aromatic rings. The van der Waals surface area contributed by atoms with Crippen LogP contribution in [-0.2, 0) is 18.4 Å². The second kappa shape index (κ2) is 10.4. The van der Waals surface area contributed by atoms with E-state index in [-0.39, 0.29) is 12.3 Å². The number of carbonyl (C=O) groups excluding carboxylic acids is 1. The third-order valence-electron chi connectivity index (χ3n) is 2.99. The highest BCUT2D eigenvalue weighted by molar-refractivity contribution is 7.53. The fourth-order valence-corrected chi connectivity index (χ4v) is 3.77. The standard InChI is InChI=1S/C12H25NO8P2/c1-3-9-13(11(14)4-2)10-7-5-6-8-12(22(15,16)17)21-23(18,19)20/h4,12H,2-3,5-10H2,1H3,(H2,15,16,17)(H2,18,19,20). The lowest BCUT2D eigenvalue weighted by Crippen LogP contribution is -2.31. The first-order valence-electron chi connectivity index (χ1n) is 7.21. The molecule has 0 aliphatic carbocycles. The van der Waals surface area contributed by atoms with Crippen LogP contribution >= 0.6 is 15.4 Å². The molecule has 23 heavy (non-hydrogen) atoms. The van der Waals surface area contributed by atoms with Crippen LogP contribution in [0.4, 0.5) is 0 Å². The van der Waals surface area contributed by atoms with Gasteiger partial charge in [-0.25, -0.2) is 4.57 Å². The quantitative estimate of drug-likeness (QED) is 0.229. The minimum atomic E-state index is -4.97. The van der Waals surface area contributed by atoms with Gasteiger partial charge in [-0.3, -0.25) is 13.9 Å². The molecule has 1 amide bonds. The van der Waals surface area contributed by atoms with Gasteiger partial charge >= 0.3 is 15.4 Å². The molecule has 0 aliphatic heterocycles. The van der Waals surface area contributed by atoms with Gasteiger partial charge in [-0.1, -0.05) is 26.3 Å². The van der Waals surface area contributed by atoms with E-state index in [1.165, 1.54) is 6.08 Å². The smallest absolute Gasteiger partial charge is 0.339 e. The molecule has 0 aromatic carbocycles. The molecule has 11 heteroatoms. The van der Waals surface area contributed by atoms with Gasteiger partial charge in [0.2, 0.25) is 5.91 Å². The molecule has 0 spiro atoms. The number of unbranched alkanes of at least 4 members (excludes halogenated alkanes) is 2. The molecular formula is C12H25NO8P2. The van der Waals surface area contributed by atoms with Crippen molar-refractivity contribution in [1.29, 1.82) is 0 Å². The Labute approximate surface area is 135 Å². The first-order valence-corrected chi connectivity index (χ1v) is 10.4. The molecule has 0 saturated heterocycles. The van der Waals surface area contributed by atoms with Gasteiger partial charge < -0.3 is 24.5 Å². The maximum Gasteiger partial charge on any atom is 0.470 e. The van der Waals surface area contributed by atoms with E-state index in [0.29, 0.717) is 32.4 Å². The molecule has 1 unspecified atom stereocenters. The first-order chi connectivity index (χ1) is 10.5. The van der Waals surface area contributed by atoms with Crippen molar-refractivity contribution in [2.24, 2.45) is 0 Å². The Balaban J connectivity index is 4.30. The Morgan fingerprint density at radius 3 is 2.22 bits per heavy atom. The van der Waals surface area contributed by atoms with Crippen LogP contribution in [0.5, 0.6) is 0 Å². The number of phosphoric ester groups is 1. The summed E-state index contributed by atoms with van der Waals surface area (Å²) in [4.78, 5) is 48.6. The van der Waals surface area contributed by atoms with E-state index in [1.54, 1.807) is 4.90 Å². The molecule has 0 saturated carbocycles. The Hall–Kier alpha value is -0.530. The summed E-state index contributed by atoms with van der Waals surface area (Å²) in [5, 5.41) is 0. The molecule has 0 fully saturated rings. The Kier molecular flexibility index (Phi) is 10.1. The first kappa shape index (κ1) is 22.5. The van der Waals surface area contributed by atoms with Crippen molar-refractivity contribution in [3.05, 3.63) is 12.7 Å². The van der Waals surface area contributed by atoms with E-state index in [9.17, 15) is 13.9 Å². The summed E-state index contributed by atoms with van der Waals surface area (Å²) in [6, 6.07) is 0. The molecule has 9 nitrogen and oxygen atoms in total. The summed E-state index contributed by atoms with van der Waals surface area (Å²) in [7, 11) is -9.74. The zero-order chi connectivity index (χ0) is 18.1. The van der Waals surface area contributed by atoms with Gasteiger partial charge in [-0.2, -0.15) is 0 Å². The Morgan fingerprint density at radius 1 is 1.17 bits per heavy atom. The van der Waals surface area contributed by atoms with E-state index in [1.807, 2.05) is 6.92 Å². The third-order valence-corrected chi connectivity index (χ3v) is 4.80. The largest absolute Gasteiger partial charge is 0.470 e. The molecular weight excluding hydrogens is 348 g/mol. The Bertz CT molecular complexity index is 472. The van der Waals surface area contributed by atoms with Crippen molar-refractivity contribution in [1.82, 2.24) is 4.90 Å². The number of hydrogen-bond acceptors (Lipinski definition) is 4. The van der Waals surface area contributed by atoms with Gasteiger partial charge in [0.15, 0.2) is 5.85 Å². The number of phosphoric acid groups is 1. The van der Waals surface area contributed by atoms with Crippen molar-refractivity contribution in [3.63, 3.8) is 0 Å². The number of hydrogen-bond donors (Lipinski definition) is 4. The predicted molar refractivity (Wildman–Crippen MR) is 84.5 cm³/mol.